The van der Waals surface area contributed by atoms with Crippen LogP contribution in [0.4, 0.5) is 5.82 Å². The normalized spacial score (nSPS) is 30.8. The number of imidazole rings is 1. The van der Waals surface area contributed by atoms with Gasteiger partial charge in [-0.05, 0) is 69.6 Å². The molecule has 172 valence electrons. The summed E-state index contributed by atoms with van der Waals surface area (Å²) >= 11 is 0. The Morgan fingerprint density at radius 1 is 1.38 bits per heavy atom. The maximum atomic E-state index is 12.4. The minimum atomic E-state index is -0.243. The molecule has 0 unspecified atom stereocenters. The molecular formula is C26H38N5O+. The number of aromatic nitrogens is 4. The highest BCUT2D eigenvalue weighted by Gasteiger charge is 2.55. The fourth-order valence-corrected chi connectivity index (χ4v) is 6.46. The molecule has 2 aromatic rings. The minimum Gasteiger partial charge on any atom is -0.380 e. The molecule has 1 saturated carbocycles. The number of aryl methyl sites for hydroxylation is 1. The number of hydrogen-bond donors (Lipinski definition) is 1. The van der Waals surface area contributed by atoms with Gasteiger partial charge in [-0.15, -0.1) is 0 Å². The largest absolute Gasteiger partial charge is 0.380 e. The summed E-state index contributed by atoms with van der Waals surface area (Å²) in [6.45, 7) is 10.00. The van der Waals surface area contributed by atoms with Crippen molar-refractivity contribution < 1.29 is 9.36 Å². The van der Waals surface area contributed by atoms with E-state index in [0.29, 0.717) is 17.7 Å². The van der Waals surface area contributed by atoms with Gasteiger partial charge in [0.15, 0.2) is 18.5 Å². The molecule has 4 rings (SSSR count). The second-order valence-corrected chi connectivity index (χ2v) is 10.5. The predicted molar refractivity (Wildman–Crippen MR) is 128 cm³/mol. The van der Waals surface area contributed by atoms with Crippen molar-refractivity contribution in [2.24, 2.45) is 29.7 Å². The number of carbonyl (C=O) groups excluding carboxylic acids is 1. The van der Waals surface area contributed by atoms with Gasteiger partial charge in [-0.25, -0.2) is 4.57 Å². The van der Waals surface area contributed by atoms with Crippen LogP contribution in [0.15, 0.2) is 36.0 Å². The molecule has 0 bridgehead atoms. The fourth-order valence-electron chi connectivity index (χ4n) is 6.46. The van der Waals surface area contributed by atoms with Gasteiger partial charge in [0.2, 0.25) is 5.52 Å². The Bertz CT molecular complexity index is 1080. The van der Waals surface area contributed by atoms with Gasteiger partial charge in [0, 0.05) is 5.41 Å². The zero-order valence-corrected chi connectivity index (χ0v) is 20.3. The number of nitrogens with zero attached hydrogens (tertiary/aromatic N) is 4. The van der Waals surface area contributed by atoms with E-state index in [0.717, 1.165) is 56.2 Å². The average molecular weight is 437 g/mol. The third-order valence-electron chi connectivity index (χ3n) is 8.84. The molecule has 0 spiro atoms. The third-order valence-corrected chi connectivity index (χ3v) is 8.84. The van der Waals surface area contributed by atoms with Crippen molar-refractivity contribution in [3.63, 3.8) is 0 Å². The van der Waals surface area contributed by atoms with Gasteiger partial charge in [-0.1, -0.05) is 42.1 Å². The van der Waals surface area contributed by atoms with Gasteiger partial charge in [-0.3, -0.25) is 4.57 Å². The van der Waals surface area contributed by atoms with Crippen LogP contribution in [-0.4, -0.2) is 20.8 Å². The van der Waals surface area contributed by atoms with E-state index in [2.05, 4.69) is 54.4 Å². The molecule has 6 nitrogen and oxygen atoms in total. The molecule has 2 aliphatic rings. The lowest BCUT2D eigenvalue weighted by atomic mass is 9.46. The Hall–Kier alpha value is -2.50. The Morgan fingerprint density at radius 2 is 2.16 bits per heavy atom. The maximum Gasteiger partial charge on any atom is 0.307 e. The van der Waals surface area contributed by atoms with Crippen LogP contribution in [0.1, 0.15) is 66.2 Å². The summed E-state index contributed by atoms with van der Waals surface area (Å²) < 4.78 is 4.10. The van der Waals surface area contributed by atoms with Gasteiger partial charge in [-0.2, -0.15) is 4.98 Å². The van der Waals surface area contributed by atoms with Crippen LogP contribution in [0.25, 0.3) is 11.2 Å². The topological polar surface area (TPSA) is 77.7 Å². The van der Waals surface area contributed by atoms with Crippen LogP contribution in [0, 0.1) is 22.7 Å². The van der Waals surface area contributed by atoms with Crippen molar-refractivity contribution in [3.05, 3.63) is 36.0 Å². The number of aldehydes is 1. The number of rotatable bonds is 6. The Labute approximate surface area is 191 Å². The summed E-state index contributed by atoms with van der Waals surface area (Å²) in [6, 6.07) is 0. The van der Waals surface area contributed by atoms with Crippen LogP contribution < -0.4 is 10.3 Å². The lowest BCUT2D eigenvalue weighted by Gasteiger charge is -2.57. The molecule has 0 radical (unpaired) electrons. The zero-order valence-electron chi connectivity index (χ0n) is 20.3. The smallest absolute Gasteiger partial charge is 0.307 e. The monoisotopic (exact) mass is 436 g/mol. The van der Waals surface area contributed by atoms with Gasteiger partial charge in [0.25, 0.3) is 0 Å². The molecule has 2 heterocycles. The van der Waals surface area contributed by atoms with Crippen molar-refractivity contribution in [2.75, 3.05) is 5.73 Å². The van der Waals surface area contributed by atoms with Crippen LogP contribution >= 0.6 is 0 Å². The standard InChI is InChI=1S/C26H38N5O/c1-18(11-14-31-17-30(5)24-22(31)23(27)28-16-29-24)9-12-25(4)19(2)10-13-26(15-32)20(3)7-6-8-21(25)26/h7,11,15-17,19,21H,6,8-10,12-14H2,1-5H3,(H2,27,28,29)/q+1/b18-11+/t19-,21-,25+,26-/m0/s1. The number of nitrogens with two attached hydrogens (primary N) is 1. The molecule has 4 atom stereocenters. The summed E-state index contributed by atoms with van der Waals surface area (Å²) in [7, 11) is 1.98. The molecule has 6 heteroatoms. The number of anilines is 1. The first-order chi connectivity index (χ1) is 15.2. The number of allylic oxidation sites excluding steroid dienone is 4. The molecule has 1 fully saturated rings. The SMILES string of the molecule is CC1=CCC[C@H]2[C@](C)(CC/C(C)=C/Cn3c[n+](C)c4ncnc(N)c43)[C@@H](C)CC[C@]12C=O. The molecule has 0 amide bonds. The molecule has 2 N–H and O–H groups in total. The predicted octanol–water partition coefficient (Wildman–Crippen LogP) is 4.54. The number of nitrogen functional groups attached to an aromatic ring is 1. The molecule has 0 saturated heterocycles. The van der Waals surface area contributed by atoms with Crippen LogP contribution in [-0.2, 0) is 18.4 Å². The van der Waals surface area contributed by atoms with E-state index < -0.39 is 0 Å². The van der Waals surface area contributed by atoms with Crippen molar-refractivity contribution in [2.45, 2.75) is 72.8 Å². The molecule has 32 heavy (non-hydrogen) atoms. The van der Waals surface area contributed by atoms with Crippen molar-refractivity contribution in [3.8, 4) is 0 Å². The Morgan fingerprint density at radius 3 is 2.91 bits per heavy atom. The van der Waals surface area contributed by atoms with Crippen molar-refractivity contribution in [1.29, 1.82) is 0 Å². The second kappa shape index (κ2) is 8.45. The van der Waals surface area contributed by atoms with E-state index in [-0.39, 0.29) is 10.8 Å². The Balaban J connectivity index is 1.52. The van der Waals surface area contributed by atoms with Gasteiger partial charge in [0.1, 0.15) is 6.29 Å². The van der Waals surface area contributed by atoms with Crippen molar-refractivity contribution in [1.82, 2.24) is 14.5 Å². The molecule has 0 aromatic carbocycles. The van der Waals surface area contributed by atoms with E-state index in [4.69, 9.17) is 5.73 Å². The van der Waals surface area contributed by atoms with E-state index in [1.54, 1.807) is 0 Å². The summed E-state index contributed by atoms with van der Waals surface area (Å²) in [5.74, 6) is 1.58. The first-order valence-electron chi connectivity index (χ1n) is 12.0. The number of carbonyl (C=O) groups is 1. The average Bonchev–Trinajstić information content (AvgIpc) is 3.11. The maximum absolute atomic E-state index is 12.4. The van der Waals surface area contributed by atoms with E-state index in [1.165, 1.54) is 23.8 Å². The summed E-state index contributed by atoms with van der Waals surface area (Å²) in [5.41, 5.74) is 10.5. The van der Waals surface area contributed by atoms with Crippen LogP contribution in [0.5, 0.6) is 0 Å². The second-order valence-electron chi connectivity index (χ2n) is 10.5. The highest BCUT2D eigenvalue weighted by atomic mass is 16.1. The first-order valence-corrected chi connectivity index (χ1v) is 12.0. The number of hydrogen-bond acceptors (Lipinski definition) is 4. The zero-order chi connectivity index (χ0) is 23.1. The molecule has 2 aliphatic carbocycles. The summed E-state index contributed by atoms with van der Waals surface area (Å²) in [5, 5.41) is 0. The van der Waals surface area contributed by atoms with Gasteiger partial charge in [0.05, 0.1) is 13.6 Å². The minimum absolute atomic E-state index is 0.175. The first kappa shape index (κ1) is 22.7. The van der Waals surface area contributed by atoms with E-state index in [1.807, 2.05) is 17.9 Å². The Kier molecular flexibility index (Phi) is 5.99. The van der Waals surface area contributed by atoms with Crippen LogP contribution in [0.2, 0.25) is 0 Å². The molecule has 2 aromatic heterocycles. The molecular weight excluding hydrogens is 398 g/mol. The lowest BCUT2D eigenvalue weighted by molar-refractivity contribution is -0.647. The van der Waals surface area contributed by atoms with Crippen molar-refractivity contribution >= 4 is 23.3 Å². The highest BCUT2D eigenvalue weighted by Crippen LogP contribution is 2.61. The molecule has 0 aliphatic heterocycles. The fraction of sp³-hybridized carbons (Fsp3) is 0.615. The van der Waals surface area contributed by atoms with Crippen LogP contribution in [0.3, 0.4) is 0 Å². The number of fused-ring (bicyclic) bond motifs is 2. The highest BCUT2D eigenvalue weighted by molar-refractivity contribution is 5.79. The lowest BCUT2D eigenvalue weighted by Crippen LogP contribution is -2.51. The third kappa shape index (κ3) is 3.57. The van der Waals surface area contributed by atoms with E-state index in [9.17, 15) is 4.79 Å². The quantitative estimate of drug-likeness (QED) is 0.410. The van der Waals surface area contributed by atoms with E-state index >= 15 is 0 Å². The summed E-state index contributed by atoms with van der Waals surface area (Å²) in [4.78, 5) is 20.9. The van der Waals surface area contributed by atoms with Gasteiger partial charge >= 0.3 is 5.65 Å². The van der Waals surface area contributed by atoms with Gasteiger partial charge < -0.3 is 10.5 Å². The summed E-state index contributed by atoms with van der Waals surface area (Å²) in [6.07, 6.45) is 16.0.